The Hall–Kier alpha value is -4.55. The molecule has 0 heterocycles. The van der Waals surface area contributed by atoms with Crippen molar-refractivity contribution >= 4 is 30.1 Å². The molecule has 1 aliphatic rings. The van der Waals surface area contributed by atoms with Crippen molar-refractivity contribution in [2.24, 2.45) is 0 Å². The molecule has 2 aromatic rings. The Morgan fingerprint density at radius 3 is 1.76 bits per heavy atom. The van der Waals surface area contributed by atoms with E-state index in [1.165, 1.54) is 42.5 Å². The fraction of sp³-hybridized carbons (Fsp3) is 0.240. The van der Waals surface area contributed by atoms with Crippen LogP contribution in [0.25, 0.3) is 12.2 Å². The van der Waals surface area contributed by atoms with Crippen molar-refractivity contribution in [1.29, 1.82) is 0 Å². The topological polar surface area (TPSA) is 214 Å². The quantitative estimate of drug-likeness (QED) is 0.159. The van der Waals surface area contributed by atoms with Gasteiger partial charge >= 0.3 is 11.9 Å². The van der Waals surface area contributed by atoms with Crippen LogP contribution >= 0.6 is 0 Å². The average molecular weight is 515 g/mol. The van der Waals surface area contributed by atoms with Crippen molar-refractivity contribution < 1.29 is 59.6 Å². The molecule has 0 amide bonds. The maximum atomic E-state index is 12.4. The number of carboxylic acids is 1. The van der Waals surface area contributed by atoms with Gasteiger partial charge in [-0.15, -0.1) is 0 Å². The molecule has 0 bridgehead atoms. The summed E-state index contributed by atoms with van der Waals surface area (Å²) in [6, 6.07) is 7.46. The highest BCUT2D eigenvalue weighted by atomic mass is 16.6. The number of aliphatic hydroxyl groups is 2. The van der Waals surface area contributed by atoms with E-state index >= 15 is 0 Å². The summed E-state index contributed by atoms with van der Waals surface area (Å²) in [4.78, 5) is 36.2. The predicted octanol–water partition coefficient (Wildman–Crippen LogP) is -0.305. The molecule has 0 spiro atoms. The lowest BCUT2D eigenvalue weighted by Gasteiger charge is -2.43. The van der Waals surface area contributed by atoms with Crippen molar-refractivity contribution in [3.63, 3.8) is 0 Å². The molecule has 12 nitrogen and oxygen atoms in total. The van der Waals surface area contributed by atoms with Gasteiger partial charge in [0.25, 0.3) is 0 Å². The van der Waals surface area contributed by atoms with Gasteiger partial charge in [0.15, 0.2) is 29.1 Å². The molecule has 12 heteroatoms. The molecule has 0 saturated heterocycles. The van der Waals surface area contributed by atoms with Crippen LogP contribution in [0.5, 0.6) is 23.0 Å². The van der Waals surface area contributed by atoms with E-state index in [-0.39, 0.29) is 11.5 Å². The number of hydrogen-bond donors (Lipinski definition) is 6. The molecule has 196 valence electrons. The van der Waals surface area contributed by atoms with Crippen LogP contribution < -0.4 is 5.11 Å². The number of aliphatic carboxylic acids is 1. The Morgan fingerprint density at radius 2 is 1.30 bits per heavy atom. The minimum absolute atomic E-state index is 0.301. The van der Waals surface area contributed by atoms with Crippen LogP contribution in [0.4, 0.5) is 0 Å². The highest BCUT2D eigenvalue weighted by Gasteiger charge is 2.49. The first kappa shape index (κ1) is 27.0. The van der Waals surface area contributed by atoms with E-state index in [9.17, 15) is 50.1 Å². The van der Waals surface area contributed by atoms with Crippen LogP contribution in [0, 0.1) is 0 Å². The third-order valence-electron chi connectivity index (χ3n) is 5.55. The van der Waals surface area contributed by atoms with Crippen LogP contribution in [0.2, 0.25) is 0 Å². The number of aliphatic hydroxyl groups excluding tert-OH is 1. The molecule has 2 aromatic carbocycles. The normalized spacial score (nSPS) is 23.7. The van der Waals surface area contributed by atoms with Crippen LogP contribution in [0.15, 0.2) is 48.6 Å². The smallest absolute Gasteiger partial charge is 0.331 e. The van der Waals surface area contributed by atoms with Gasteiger partial charge in [-0.25, -0.2) is 9.59 Å². The Bertz CT molecular complexity index is 1250. The lowest BCUT2D eigenvalue weighted by molar-refractivity contribution is -0.331. The number of carbonyl (C=O) groups excluding carboxylic acids is 3. The summed E-state index contributed by atoms with van der Waals surface area (Å²) in [5.41, 5.74) is -1.95. The predicted molar refractivity (Wildman–Crippen MR) is 123 cm³/mol. The van der Waals surface area contributed by atoms with Gasteiger partial charge in [0, 0.05) is 25.0 Å². The summed E-state index contributed by atoms with van der Waals surface area (Å²) in [5.74, 6) is -5.60. The monoisotopic (exact) mass is 515 g/mol. The molecule has 1 fully saturated rings. The average Bonchev–Trinajstić information content (AvgIpc) is 2.82. The maximum Gasteiger partial charge on any atom is 0.331 e. The van der Waals surface area contributed by atoms with Gasteiger partial charge in [-0.1, -0.05) is 12.1 Å². The van der Waals surface area contributed by atoms with E-state index in [4.69, 9.17) is 9.47 Å². The molecule has 1 saturated carbocycles. The molecule has 37 heavy (non-hydrogen) atoms. The number of carboxylic acid groups (broad SMARTS) is 1. The number of ether oxygens (including phenoxy) is 2. The molecule has 0 radical (unpaired) electrons. The number of benzene rings is 2. The number of carbonyl (C=O) groups is 3. The van der Waals surface area contributed by atoms with Crippen LogP contribution in [0.3, 0.4) is 0 Å². The van der Waals surface area contributed by atoms with Crippen molar-refractivity contribution in [3.05, 3.63) is 59.7 Å². The van der Waals surface area contributed by atoms with E-state index in [0.29, 0.717) is 11.1 Å². The lowest BCUT2D eigenvalue weighted by Crippen LogP contribution is -2.61. The molecule has 0 aromatic heterocycles. The second-order valence-corrected chi connectivity index (χ2v) is 8.33. The molecule has 0 unspecified atom stereocenters. The van der Waals surface area contributed by atoms with E-state index in [1.807, 2.05) is 0 Å². The van der Waals surface area contributed by atoms with Gasteiger partial charge in [-0.3, -0.25) is 0 Å². The first-order chi connectivity index (χ1) is 17.4. The van der Waals surface area contributed by atoms with E-state index < -0.39 is 66.2 Å². The number of aromatic hydroxyl groups is 4. The molecular weight excluding hydrogens is 492 g/mol. The van der Waals surface area contributed by atoms with Crippen molar-refractivity contribution in [2.45, 2.75) is 36.8 Å². The summed E-state index contributed by atoms with van der Waals surface area (Å²) in [6.07, 6.45) is -2.14. The fourth-order valence-electron chi connectivity index (χ4n) is 3.65. The van der Waals surface area contributed by atoms with Gasteiger partial charge in [0.05, 0.1) is 12.1 Å². The lowest BCUT2D eigenvalue weighted by atomic mass is 9.79. The summed E-state index contributed by atoms with van der Waals surface area (Å²) >= 11 is 0. The molecule has 6 N–H and O–H groups in total. The van der Waals surface area contributed by atoms with E-state index in [1.54, 1.807) is 0 Å². The van der Waals surface area contributed by atoms with E-state index in [2.05, 4.69) is 0 Å². The fourth-order valence-corrected chi connectivity index (χ4v) is 3.65. The third kappa shape index (κ3) is 6.78. The zero-order chi connectivity index (χ0) is 27.3. The maximum absolute atomic E-state index is 12.4. The number of hydrogen-bond acceptors (Lipinski definition) is 12. The van der Waals surface area contributed by atoms with Gasteiger partial charge in [0.2, 0.25) is 0 Å². The number of phenolic OH excluding ortho intramolecular Hbond substituents is 4. The summed E-state index contributed by atoms with van der Waals surface area (Å²) < 4.78 is 10.4. The second kappa shape index (κ2) is 11.0. The van der Waals surface area contributed by atoms with Crippen molar-refractivity contribution in [3.8, 4) is 23.0 Å². The molecule has 1 aliphatic carbocycles. The number of phenols is 4. The minimum Gasteiger partial charge on any atom is -0.547 e. The summed E-state index contributed by atoms with van der Waals surface area (Å²) in [5, 5.41) is 70.0. The Morgan fingerprint density at radius 1 is 0.811 bits per heavy atom. The van der Waals surface area contributed by atoms with Gasteiger partial charge in [-0.05, 0) is 47.5 Å². The molecule has 0 aliphatic heterocycles. The minimum atomic E-state index is -2.57. The Labute approximate surface area is 209 Å². The number of rotatable bonds is 7. The van der Waals surface area contributed by atoms with Gasteiger partial charge in [0.1, 0.15) is 11.7 Å². The highest BCUT2D eigenvalue weighted by molar-refractivity contribution is 5.88. The van der Waals surface area contributed by atoms with Crippen molar-refractivity contribution in [1.82, 2.24) is 0 Å². The molecule has 3 rings (SSSR count). The third-order valence-corrected chi connectivity index (χ3v) is 5.55. The van der Waals surface area contributed by atoms with Crippen LogP contribution in [-0.2, 0) is 23.9 Å². The molecule has 4 atom stereocenters. The van der Waals surface area contributed by atoms with Crippen LogP contribution in [0.1, 0.15) is 24.0 Å². The van der Waals surface area contributed by atoms with Crippen LogP contribution in [-0.4, -0.2) is 72.5 Å². The Balaban J connectivity index is 1.75. The first-order valence-corrected chi connectivity index (χ1v) is 10.8. The largest absolute Gasteiger partial charge is 0.547 e. The standard InChI is InChI=1S/C25H24O12/c26-15-5-1-13(9-17(15)28)3-7-21(31)36-20-12-25(35,24(33)34)11-19(30)23(20)37-22(32)8-4-14-2-6-16(27)18(29)10-14/h1-10,19-20,23,26-30,35H,11-12H2,(H,33,34)/p-1/b7-3+,8-4+/t19-,20-,23-,25+/m1/s1. The highest BCUT2D eigenvalue weighted by Crippen LogP contribution is 2.33. The SMILES string of the molecule is O=C(/C=C/c1ccc(O)c(O)c1)O[C@@H]1[C@H](O)C[C@@](O)(C(=O)[O-])C[C@H]1OC(=O)/C=C/c1ccc(O)c(O)c1. The summed E-state index contributed by atoms with van der Waals surface area (Å²) in [7, 11) is 0. The van der Waals surface area contributed by atoms with Gasteiger partial charge in [-0.2, -0.15) is 0 Å². The number of esters is 2. The van der Waals surface area contributed by atoms with Gasteiger partial charge < -0.3 is 50.0 Å². The Kier molecular flexibility index (Phi) is 8.05. The first-order valence-electron chi connectivity index (χ1n) is 10.8. The van der Waals surface area contributed by atoms with E-state index in [0.717, 1.165) is 18.2 Å². The summed E-state index contributed by atoms with van der Waals surface area (Å²) in [6.45, 7) is 0. The zero-order valence-corrected chi connectivity index (χ0v) is 19.1. The molecular formula is C25H23O12-. The second-order valence-electron chi connectivity index (χ2n) is 8.33. The zero-order valence-electron chi connectivity index (χ0n) is 19.1. The van der Waals surface area contributed by atoms with Crippen molar-refractivity contribution in [2.75, 3.05) is 0 Å².